The highest BCUT2D eigenvalue weighted by Crippen LogP contribution is 2.27. The minimum atomic E-state index is 0. The van der Waals surface area contributed by atoms with E-state index >= 15 is 0 Å². The second-order valence-electron chi connectivity index (χ2n) is 6.44. The number of unbranched alkanes of at least 4 members (excludes halogenated alkanes) is 3. The number of amides is 1. The first-order chi connectivity index (χ1) is 12.2. The van der Waals surface area contributed by atoms with Gasteiger partial charge in [-0.2, -0.15) is 0 Å². The van der Waals surface area contributed by atoms with Crippen molar-refractivity contribution in [1.82, 2.24) is 10.2 Å². The highest BCUT2D eigenvalue weighted by Gasteiger charge is 2.24. The Kier molecular flexibility index (Phi) is 15.1. The molecule has 1 saturated heterocycles. The van der Waals surface area contributed by atoms with Gasteiger partial charge in [-0.15, -0.1) is 24.8 Å². The Balaban J connectivity index is 0.00000338. The number of benzene rings is 1. The zero-order valence-corrected chi connectivity index (χ0v) is 18.1. The van der Waals surface area contributed by atoms with Crippen LogP contribution in [0.1, 0.15) is 43.7 Å². The van der Waals surface area contributed by atoms with Gasteiger partial charge >= 0.3 is 0 Å². The Morgan fingerprint density at radius 2 is 1.81 bits per heavy atom. The standard InChI is InChI=1S/C19H30ClN3O2.2ClH/c20-17-8-5-4-7-16(17)18(23-11-13-25-14-12-23)15-22-19(24)9-3-1-2-6-10-21;;/h4-5,7-8,18H,1-3,6,9-15,21H2,(H,22,24);2*1H. The lowest BCUT2D eigenvalue weighted by Gasteiger charge is -2.35. The fourth-order valence-electron chi connectivity index (χ4n) is 3.15. The molecule has 0 aromatic heterocycles. The molecule has 1 aromatic carbocycles. The van der Waals surface area contributed by atoms with Crippen LogP contribution in [0, 0.1) is 0 Å². The average molecular weight is 441 g/mol. The molecule has 0 spiro atoms. The Morgan fingerprint density at radius 3 is 2.48 bits per heavy atom. The summed E-state index contributed by atoms with van der Waals surface area (Å²) in [5.41, 5.74) is 6.55. The quantitative estimate of drug-likeness (QED) is 0.546. The molecular weight excluding hydrogens is 409 g/mol. The highest BCUT2D eigenvalue weighted by atomic mass is 35.5. The number of carbonyl (C=O) groups is 1. The van der Waals surface area contributed by atoms with E-state index in [1.807, 2.05) is 24.3 Å². The molecule has 1 heterocycles. The van der Waals surface area contributed by atoms with Gasteiger partial charge in [-0.1, -0.05) is 42.6 Å². The van der Waals surface area contributed by atoms with Gasteiger partial charge in [0.1, 0.15) is 0 Å². The Morgan fingerprint density at radius 1 is 1.15 bits per heavy atom. The van der Waals surface area contributed by atoms with E-state index < -0.39 is 0 Å². The van der Waals surface area contributed by atoms with Gasteiger partial charge in [0, 0.05) is 31.1 Å². The second-order valence-corrected chi connectivity index (χ2v) is 6.85. The molecule has 1 atom stereocenters. The van der Waals surface area contributed by atoms with Gasteiger partial charge in [0.15, 0.2) is 0 Å². The van der Waals surface area contributed by atoms with Crippen molar-refractivity contribution in [3.8, 4) is 0 Å². The van der Waals surface area contributed by atoms with E-state index in [1.54, 1.807) is 0 Å². The van der Waals surface area contributed by atoms with Crippen LogP contribution in [-0.4, -0.2) is 50.2 Å². The third-order valence-corrected chi connectivity index (χ3v) is 4.95. The van der Waals surface area contributed by atoms with E-state index in [-0.39, 0.29) is 36.8 Å². The maximum absolute atomic E-state index is 12.2. The number of nitrogens with zero attached hydrogens (tertiary/aromatic N) is 1. The van der Waals surface area contributed by atoms with E-state index in [2.05, 4.69) is 10.2 Å². The van der Waals surface area contributed by atoms with Crippen LogP contribution in [0.4, 0.5) is 0 Å². The van der Waals surface area contributed by atoms with Crippen molar-refractivity contribution in [2.24, 2.45) is 5.73 Å². The maximum atomic E-state index is 12.2. The van der Waals surface area contributed by atoms with Crippen LogP contribution in [0.5, 0.6) is 0 Å². The summed E-state index contributed by atoms with van der Waals surface area (Å²) >= 11 is 6.40. The monoisotopic (exact) mass is 439 g/mol. The summed E-state index contributed by atoms with van der Waals surface area (Å²) in [5, 5.41) is 3.84. The fourth-order valence-corrected chi connectivity index (χ4v) is 3.41. The molecule has 1 amide bonds. The molecule has 3 N–H and O–H groups in total. The van der Waals surface area contributed by atoms with Crippen molar-refractivity contribution in [3.05, 3.63) is 34.9 Å². The number of morpholine rings is 1. The zero-order valence-electron chi connectivity index (χ0n) is 15.7. The Bertz CT molecular complexity index is 529. The first-order valence-electron chi connectivity index (χ1n) is 9.25. The molecule has 1 aliphatic heterocycles. The van der Waals surface area contributed by atoms with Gasteiger partial charge in [0.2, 0.25) is 5.91 Å². The summed E-state index contributed by atoms with van der Waals surface area (Å²) < 4.78 is 5.46. The summed E-state index contributed by atoms with van der Waals surface area (Å²) in [5.74, 6) is 0.109. The number of carbonyl (C=O) groups excluding carboxylic acids is 1. The van der Waals surface area contributed by atoms with Crippen LogP contribution >= 0.6 is 36.4 Å². The molecule has 2 rings (SSSR count). The average Bonchev–Trinajstić information content (AvgIpc) is 2.64. The predicted molar refractivity (Wildman–Crippen MR) is 116 cm³/mol. The van der Waals surface area contributed by atoms with Crippen LogP contribution in [0.3, 0.4) is 0 Å². The number of rotatable bonds is 10. The molecule has 0 saturated carbocycles. The first kappa shape index (κ1) is 26.4. The van der Waals surface area contributed by atoms with Crippen molar-refractivity contribution in [3.63, 3.8) is 0 Å². The van der Waals surface area contributed by atoms with Crippen LogP contribution < -0.4 is 11.1 Å². The van der Waals surface area contributed by atoms with Gasteiger partial charge < -0.3 is 15.8 Å². The van der Waals surface area contributed by atoms with Crippen molar-refractivity contribution in [1.29, 1.82) is 0 Å². The van der Waals surface area contributed by atoms with E-state index in [1.165, 1.54) is 0 Å². The largest absolute Gasteiger partial charge is 0.379 e. The summed E-state index contributed by atoms with van der Waals surface area (Å²) in [6.45, 7) is 4.44. The van der Waals surface area contributed by atoms with Crippen LogP contribution in [-0.2, 0) is 9.53 Å². The normalized spacial score (nSPS) is 15.3. The van der Waals surface area contributed by atoms with Gasteiger partial charge in [0.25, 0.3) is 0 Å². The molecule has 1 unspecified atom stereocenters. The highest BCUT2D eigenvalue weighted by molar-refractivity contribution is 6.31. The molecule has 27 heavy (non-hydrogen) atoms. The second kappa shape index (κ2) is 15.4. The summed E-state index contributed by atoms with van der Waals surface area (Å²) in [4.78, 5) is 14.5. The molecular formula is C19H32Cl3N3O2. The summed E-state index contributed by atoms with van der Waals surface area (Å²) in [6.07, 6.45) is 4.68. The van der Waals surface area contributed by atoms with E-state index in [9.17, 15) is 4.79 Å². The number of nitrogens with one attached hydrogen (secondary N) is 1. The number of hydrogen-bond acceptors (Lipinski definition) is 4. The van der Waals surface area contributed by atoms with E-state index in [0.717, 1.165) is 69.1 Å². The van der Waals surface area contributed by atoms with E-state index in [4.69, 9.17) is 22.1 Å². The molecule has 5 nitrogen and oxygen atoms in total. The van der Waals surface area contributed by atoms with Crippen molar-refractivity contribution in [2.45, 2.75) is 38.1 Å². The number of ether oxygens (including phenoxy) is 1. The number of hydrogen-bond donors (Lipinski definition) is 2. The number of nitrogens with two attached hydrogens (primary N) is 1. The molecule has 1 fully saturated rings. The summed E-state index contributed by atoms with van der Waals surface area (Å²) in [7, 11) is 0. The van der Waals surface area contributed by atoms with Crippen LogP contribution in [0.25, 0.3) is 0 Å². The molecule has 0 radical (unpaired) electrons. The maximum Gasteiger partial charge on any atom is 0.220 e. The third kappa shape index (κ3) is 9.46. The third-order valence-electron chi connectivity index (χ3n) is 4.60. The van der Waals surface area contributed by atoms with Crippen molar-refractivity contribution in [2.75, 3.05) is 39.4 Å². The lowest BCUT2D eigenvalue weighted by molar-refractivity contribution is -0.121. The van der Waals surface area contributed by atoms with Gasteiger partial charge in [-0.05, 0) is 31.0 Å². The van der Waals surface area contributed by atoms with Gasteiger partial charge in [0.05, 0.1) is 19.3 Å². The zero-order chi connectivity index (χ0) is 17.9. The van der Waals surface area contributed by atoms with Gasteiger partial charge in [-0.25, -0.2) is 0 Å². The van der Waals surface area contributed by atoms with Crippen LogP contribution in [0.15, 0.2) is 24.3 Å². The topological polar surface area (TPSA) is 67.6 Å². The number of halogens is 3. The molecule has 0 bridgehead atoms. The molecule has 156 valence electrons. The van der Waals surface area contributed by atoms with E-state index in [0.29, 0.717) is 13.0 Å². The molecule has 1 aromatic rings. The van der Waals surface area contributed by atoms with Crippen molar-refractivity contribution < 1.29 is 9.53 Å². The molecule has 0 aliphatic carbocycles. The smallest absolute Gasteiger partial charge is 0.220 e. The lowest BCUT2D eigenvalue weighted by atomic mass is 10.0. The first-order valence-corrected chi connectivity index (χ1v) is 9.63. The van der Waals surface area contributed by atoms with Gasteiger partial charge in [-0.3, -0.25) is 9.69 Å². The lowest BCUT2D eigenvalue weighted by Crippen LogP contribution is -2.43. The SMILES string of the molecule is Cl.Cl.NCCCCCCC(=O)NCC(c1ccccc1Cl)N1CCOCC1. The minimum absolute atomic E-state index is 0. The Hall–Kier alpha value is -0.560. The van der Waals surface area contributed by atoms with Crippen molar-refractivity contribution >= 4 is 42.3 Å². The summed E-state index contributed by atoms with van der Waals surface area (Å²) in [6, 6.07) is 7.96. The molecule has 1 aliphatic rings. The molecule has 8 heteroatoms. The predicted octanol–water partition coefficient (Wildman–Crippen LogP) is 3.58. The Labute approximate surface area is 180 Å². The minimum Gasteiger partial charge on any atom is -0.379 e. The fraction of sp³-hybridized carbons (Fsp3) is 0.632. The van der Waals surface area contributed by atoms with Crippen LogP contribution in [0.2, 0.25) is 5.02 Å².